The van der Waals surface area contributed by atoms with Gasteiger partial charge in [0.1, 0.15) is 0 Å². The average Bonchev–Trinajstić information content (AvgIpc) is 2.38. The van der Waals surface area contributed by atoms with Crippen molar-refractivity contribution in [1.82, 2.24) is 0 Å². The zero-order valence-electron chi connectivity index (χ0n) is 10.0. The molecule has 1 amide bonds. The first kappa shape index (κ1) is 13.5. The Morgan fingerprint density at radius 1 is 1.16 bits per heavy atom. The number of carbonyl (C=O) groups is 1. The highest BCUT2D eigenvalue weighted by Crippen LogP contribution is 2.23. The van der Waals surface area contributed by atoms with Crippen LogP contribution in [-0.2, 0) is 0 Å². The number of nitrogens with one attached hydrogen (secondary N) is 1. The minimum atomic E-state index is -1.17. The first-order valence-corrected chi connectivity index (χ1v) is 5.89. The quantitative estimate of drug-likeness (QED) is 0.879. The summed E-state index contributed by atoms with van der Waals surface area (Å²) in [6.45, 7) is 1.72. The number of rotatable bonds is 2. The van der Waals surface area contributed by atoms with E-state index >= 15 is 0 Å². The van der Waals surface area contributed by atoms with Crippen molar-refractivity contribution in [2.45, 2.75) is 6.92 Å². The highest BCUT2D eigenvalue weighted by Gasteiger charge is 2.16. The van der Waals surface area contributed by atoms with E-state index in [0.717, 1.165) is 6.07 Å². The van der Waals surface area contributed by atoms with Gasteiger partial charge in [-0.25, -0.2) is 8.78 Å². The molecule has 2 rings (SSSR count). The van der Waals surface area contributed by atoms with Gasteiger partial charge in [0.25, 0.3) is 5.91 Å². The zero-order valence-corrected chi connectivity index (χ0v) is 10.8. The molecule has 0 aliphatic rings. The van der Waals surface area contributed by atoms with Crippen molar-refractivity contribution < 1.29 is 13.6 Å². The maximum Gasteiger partial charge on any atom is 0.258 e. The summed E-state index contributed by atoms with van der Waals surface area (Å²) in [7, 11) is 0. The van der Waals surface area contributed by atoms with Gasteiger partial charge in [-0.1, -0.05) is 23.7 Å². The van der Waals surface area contributed by atoms with Gasteiger partial charge >= 0.3 is 0 Å². The van der Waals surface area contributed by atoms with Crippen LogP contribution in [0.5, 0.6) is 0 Å². The topological polar surface area (TPSA) is 29.1 Å². The summed E-state index contributed by atoms with van der Waals surface area (Å²) in [4.78, 5) is 11.9. The summed E-state index contributed by atoms with van der Waals surface area (Å²) in [5.74, 6) is -2.95. The van der Waals surface area contributed by atoms with Crippen LogP contribution in [0.3, 0.4) is 0 Å². The lowest BCUT2D eigenvalue weighted by atomic mass is 10.1. The highest BCUT2D eigenvalue weighted by molar-refractivity contribution is 6.31. The summed E-state index contributed by atoms with van der Waals surface area (Å²) >= 11 is 5.91. The second-order valence-corrected chi connectivity index (χ2v) is 4.38. The van der Waals surface area contributed by atoms with Crippen LogP contribution in [0.1, 0.15) is 15.9 Å². The third-order valence-electron chi connectivity index (χ3n) is 2.71. The fraction of sp³-hybridized carbons (Fsp3) is 0.0714. The maximum atomic E-state index is 13.5. The second kappa shape index (κ2) is 5.36. The van der Waals surface area contributed by atoms with Crippen LogP contribution in [-0.4, -0.2) is 5.91 Å². The fourth-order valence-corrected chi connectivity index (χ4v) is 1.79. The molecule has 0 aromatic heterocycles. The number of hydrogen-bond donors (Lipinski definition) is 1. The summed E-state index contributed by atoms with van der Waals surface area (Å²) in [5, 5.41) is 2.99. The van der Waals surface area contributed by atoms with Crippen LogP contribution in [0.2, 0.25) is 5.02 Å². The summed E-state index contributed by atoms with van der Waals surface area (Å²) in [6.07, 6.45) is 0. The van der Waals surface area contributed by atoms with Crippen molar-refractivity contribution in [2.24, 2.45) is 0 Å². The molecule has 0 spiro atoms. The van der Waals surface area contributed by atoms with Crippen molar-refractivity contribution in [3.8, 4) is 0 Å². The van der Waals surface area contributed by atoms with Gasteiger partial charge in [-0.15, -0.1) is 0 Å². The van der Waals surface area contributed by atoms with Gasteiger partial charge in [0.15, 0.2) is 11.6 Å². The van der Waals surface area contributed by atoms with E-state index in [4.69, 9.17) is 11.6 Å². The lowest BCUT2D eigenvalue weighted by Gasteiger charge is -2.10. The van der Waals surface area contributed by atoms with E-state index in [1.807, 2.05) is 0 Å². The second-order valence-electron chi connectivity index (χ2n) is 3.97. The molecule has 5 heteroatoms. The molecule has 2 aromatic carbocycles. The van der Waals surface area contributed by atoms with Gasteiger partial charge in [0, 0.05) is 10.7 Å². The van der Waals surface area contributed by atoms with Gasteiger partial charge in [-0.2, -0.15) is 0 Å². The molecule has 0 fully saturated rings. The first-order chi connectivity index (χ1) is 9.00. The van der Waals surface area contributed by atoms with Gasteiger partial charge in [0.05, 0.1) is 5.56 Å². The molecule has 1 N–H and O–H groups in total. The van der Waals surface area contributed by atoms with E-state index in [2.05, 4.69) is 5.32 Å². The number of halogens is 3. The van der Waals surface area contributed by atoms with Crippen molar-refractivity contribution in [3.63, 3.8) is 0 Å². The first-order valence-electron chi connectivity index (χ1n) is 5.51. The number of carbonyl (C=O) groups excluding carboxylic acids is 1. The molecule has 19 heavy (non-hydrogen) atoms. The van der Waals surface area contributed by atoms with Crippen LogP contribution in [0.25, 0.3) is 0 Å². The summed E-state index contributed by atoms with van der Waals surface area (Å²) in [6, 6.07) is 8.42. The number of benzene rings is 2. The predicted octanol–water partition coefficient (Wildman–Crippen LogP) is 4.18. The Balaban J connectivity index is 2.31. The van der Waals surface area contributed by atoms with Crippen LogP contribution in [0, 0.1) is 18.6 Å². The van der Waals surface area contributed by atoms with Crippen molar-refractivity contribution in [3.05, 3.63) is 64.2 Å². The van der Waals surface area contributed by atoms with Crippen LogP contribution in [0.4, 0.5) is 14.5 Å². The van der Waals surface area contributed by atoms with E-state index in [0.29, 0.717) is 16.3 Å². The predicted molar refractivity (Wildman–Crippen MR) is 70.5 cm³/mol. The standard InChI is InChI=1S/C14H10ClF2NO/c1-8-10(15)5-3-7-12(8)18-14(19)9-4-2-6-11(16)13(9)17/h2-7H,1H3,(H,18,19). The van der Waals surface area contributed by atoms with E-state index in [9.17, 15) is 13.6 Å². The zero-order chi connectivity index (χ0) is 14.0. The molecular formula is C14H10ClF2NO. The fourth-order valence-electron chi connectivity index (χ4n) is 1.61. The number of hydrogen-bond acceptors (Lipinski definition) is 1. The molecule has 0 aliphatic heterocycles. The molecule has 0 unspecified atom stereocenters. The Hall–Kier alpha value is -1.94. The van der Waals surface area contributed by atoms with Gasteiger partial charge in [-0.3, -0.25) is 4.79 Å². The average molecular weight is 282 g/mol. The number of amides is 1. The minimum absolute atomic E-state index is 0.348. The van der Waals surface area contributed by atoms with E-state index < -0.39 is 17.5 Å². The van der Waals surface area contributed by atoms with Crippen LogP contribution >= 0.6 is 11.6 Å². The molecular weight excluding hydrogens is 272 g/mol. The van der Waals surface area contributed by atoms with Crippen molar-refractivity contribution in [1.29, 1.82) is 0 Å². The molecule has 0 bridgehead atoms. The molecule has 0 heterocycles. The molecule has 2 aromatic rings. The third-order valence-corrected chi connectivity index (χ3v) is 3.12. The molecule has 0 radical (unpaired) electrons. The Morgan fingerprint density at radius 2 is 1.84 bits per heavy atom. The van der Waals surface area contributed by atoms with Crippen molar-refractivity contribution >= 4 is 23.2 Å². The van der Waals surface area contributed by atoms with E-state index in [-0.39, 0.29) is 5.56 Å². The Labute approximate surface area is 114 Å². The largest absolute Gasteiger partial charge is 0.322 e. The summed E-state index contributed by atoms with van der Waals surface area (Å²) < 4.78 is 26.5. The molecule has 98 valence electrons. The molecule has 0 saturated heterocycles. The molecule has 0 atom stereocenters. The Bertz CT molecular complexity index is 643. The lowest BCUT2D eigenvalue weighted by molar-refractivity contribution is 0.102. The van der Waals surface area contributed by atoms with Gasteiger partial charge in [0.2, 0.25) is 0 Å². The Kier molecular flexibility index (Phi) is 3.81. The molecule has 0 aliphatic carbocycles. The SMILES string of the molecule is Cc1c(Cl)cccc1NC(=O)c1cccc(F)c1F. The monoisotopic (exact) mass is 281 g/mol. The molecule has 0 saturated carbocycles. The van der Waals surface area contributed by atoms with Gasteiger partial charge < -0.3 is 5.32 Å². The lowest BCUT2D eigenvalue weighted by Crippen LogP contribution is -2.15. The van der Waals surface area contributed by atoms with Crippen LogP contribution in [0.15, 0.2) is 36.4 Å². The maximum absolute atomic E-state index is 13.5. The number of anilines is 1. The summed E-state index contributed by atoms with van der Waals surface area (Å²) in [5.41, 5.74) is 0.773. The van der Waals surface area contributed by atoms with E-state index in [1.165, 1.54) is 12.1 Å². The van der Waals surface area contributed by atoms with Gasteiger partial charge in [-0.05, 0) is 36.8 Å². The van der Waals surface area contributed by atoms with Crippen LogP contribution < -0.4 is 5.32 Å². The Morgan fingerprint density at radius 3 is 2.58 bits per heavy atom. The van der Waals surface area contributed by atoms with E-state index in [1.54, 1.807) is 25.1 Å². The smallest absolute Gasteiger partial charge is 0.258 e. The van der Waals surface area contributed by atoms with Crippen molar-refractivity contribution in [2.75, 3.05) is 5.32 Å². The highest BCUT2D eigenvalue weighted by atomic mass is 35.5. The minimum Gasteiger partial charge on any atom is -0.322 e. The molecule has 2 nitrogen and oxygen atoms in total. The third kappa shape index (κ3) is 2.74. The normalized spacial score (nSPS) is 10.3.